The van der Waals surface area contributed by atoms with Gasteiger partial charge in [0.1, 0.15) is 0 Å². The molecule has 0 spiro atoms. The van der Waals surface area contributed by atoms with Gasteiger partial charge in [-0.25, -0.2) is 14.4 Å². The number of hydrogen-bond acceptors (Lipinski definition) is 5. The van der Waals surface area contributed by atoms with Crippen LogP contribution < -0.4 is 10.6 Å². The fourth-order valence-corrected chi connectivity index (χ4v) is 5.16. The van der Waals surface area contributed by atoms with Crippen LogP contribution >= 0.6 is 23.2 Å². The van der Waals surface area contributed by atoms with Crippen molar-refractivity contribution in [1.29, 1.82) is 0 Å². The van der Waals surface area contributed by atoms with Crippen molar-refractivity contribution in [3.05, 3.63) is 57.7 Å². The van der Waals surface area contributed by atoms with Gasteiger partial charge in [0.05, 0.1) is 18.2 Å². The first-order valence-electron chi connectivity index (χ1n) is 12.5. The molecule has 4 amide bonds. The van der Waals surface area contributed by atoms with Gasteiger partial charge in [0.25, 0.3) is 0 Å². The van der Waals surface area contributed by atoms with Crippen LogP contribution in [0.15, 0.2) is 42.1 Å². The van der Waals surface area contributed by atoms with Crippen LogP contribution in [0, 0.1) is 0 Å². The molecule has 9 nitrogen and oxygen atoms in total. The SMILES string of the molecule is C=CCN1C(=O)N[C@@H](c2ccc(Cl)cc2Cl)C(C(=O)OCC)=C1CN1CCN(C(=O)NCCC)[C@H](C)C1. The smallest absolute Gasteiger partial charge is 0.338 e. The van der Waals surface area contributed by atoms with Crippen molar-refractivity contribution in [2.24, 2.45) is 0 Å². The van der Waals surface area contributed by atoms with Gasteiger partial charge in [-0.1, -0.05) is 42.3 Å². The Morgan fingerprint density at radius 3 is 2.65 bits per heavy atom. The first-order valence-corrected chi connectivity index (χ1v) is 13.3. The van der Waals surface area contributed by atoms with Crippen LogP contribution in [-0.2, 0) is 9.53 Å². The minimum absolute atomic E-state index is 0.0518. The Labute approximate surface area is 228 Å². The molecular weight excluding hydrogens is 517 g/mol. The molecule has 1 saturated heterocycles. The zero-order valence-corrected chi connectivity index (χ0v) is 23.1. The Bertz CT molecular complexity index is 1060. The number of carbonyl (C=O) groups is 3. The topological polar surface area (TPSA) is 94.2 Å². The molecule has 0 aliphatic carbocycles. The van der Waals surface area contributed by atoms with Gasteiger partial charge in [-0.2, -0.15) is 0 Å². The number of nitrogens with zero attached hydrogens (tertiary/aromatic N) is 3. The Kier molecular flexibility index (Phi) is 10.3. The van der Waals surface area contributed by atoms with Crippen molar-refractivity contribution >= 4 is 41.2 Å². The third kappa shape index (κ3) is 6.77. The molecule has 0 aromatic heterocycles. The number of hydrogen-bond donors (Lipinski definition) is 2. The molecule has 2 atom stereocenters. The Balaban J connectivity index is 1.99. The average Bonchev–Trinajstić information content (AvgIpc) is 2.84. The minimum atomic E-state index is -0.814. The zero-order valence-electron chi connectivity index (χ0n) is 21.6. The summed E-state index contributed by atoms with van der Waals surface area (Å²) in [6.07, 6.45) is 2.47. The normalized spacial score (nSPS) is 20.5. The van der Waals surface area contributed by atoms with Crippen LogP contribution in [0.2, 0.25) is 10.0 Å². The van der Waals surface area contributed by atoms with E-state index in [1.54, 1.807) is 31.2 Å². The van der Waals surface area contributed by atoms with Crippen molar-refractivity contribution in [3.8, 4) is 0 Å². The first-order chi connectivity index (χ1) is 17.7. The lowest BCUT2D eigenvalue weighted by Gasteiger charge is -2.42. The van der Waals surface area contributed by atoms with E-state index in [2.05, 4.69) is 22.1 Å². The highest BCUT2D eigenvalue weighted by Crippen LogP contribution is 2.36. The molecule has 0 saturated carbocycles. The second-order valence-corrected chi connectivity index (χ2v) is 9.88. The highest BCUT2D eigenvalue weighted by Gasteiger charge is 2.40. The lowest BCUT2D eigenvalue weighted by molar-refractivity contribution is -0.139. The van der Waals surface area contributed by atoms with E-state index in [0.717, 1.165) is 6.42 Å². The van der Waals surface area contributed by atoms with Gasteiger partial charge in [-0.3, -0.25) is 9.80 Å². The lowest BCUT2D eigenvalue weighted by Crippen LogP contribution is -2.58. The zero-order chi connectivity index (χ0) is 27.1. The summed E-state index contributed by atoms with van der Waals surface area (Å²) in [4.78, 5) is 44.6. The van der Waals surface area contributed by atoms with E-state index in [1.165, 1.54) is 4.90 Å². The van der Waals surface area contributed by atoms with Gasteiger partial charge < -0.3 is 20.3 Å². The molecule has 2 N–H and O–H groups in total. The molecule has 1 aromatic carbocycles. The number of halogens is 2. The average molecular weight is 553 g/mol. The van der Waals surface area contributed by atoms with Crippen LogP contribution in [0.3, 0.4) is 0 Å². The highest BCUT2D eigenvalue weighted by atomic mass is 35.5. The maximum Gasteiger partial charge on any atom is 0.338 e. The molecule has 1 aromatic rings. The van der Waals surface area contributed by atoms with Crippen molar-refractivity contribution < 1.29 is 19.1 Å². The quantitative estimate of drug-likeness (QED) is 0.354. The summed E-state index contributed by atoms with van der Waals surface area (Å²) in [5, 5.41) is 6.61. The van der Waals surface area contributed by atoms with Crippen LogP contribution in [0.25, 0.3) is 0 Å². The molecule has 2 aliphatic heterocycles. The van der Waals surface area contributed by atoms with E-state index in [4.69, 9.17) is 27.9 Å². The number of esters is 1. The first kappa shape index (κ1) is 28.8. The summed E-state index contributed by atoms with van der Waals surface area (Å²) >= 11 is 12.6. The summed E-state index contributed by atoms with van der Waals surface area (Å²) in [5.41, 5.74) is 1.38. The van der Waals surface area contributed by atoms with Crippen molar-refractivity contribution in [3.63, 3.8) is 0 Å². The van der Waals surface area contributed by atoms with E-state index >= 15 is 0 Å². The van der Waals surface area contributed by atoms with Crippen LogP contribution in [0.4, 0.5) is 9.59 Å². The van der Waals surface area contributed by atoms with Crippen LogP contribution in [-0.4, -0.2) is 84.6 Å². The second-order valence-electron chi connectivity index (χ2n) is 9.04. The summed E-state index contributed by atoms with van der Waals surface area (Å²) in [6.45, 7) is 12.5. The van der Waals surface area contributed by atoms with Crippen LogP contribution in [0.1, 0.15) is 38.8 Å². The molecule has 0 bridgehead atoms. The van der Waals surface area contributed by atoms with E-state index in [9.17, 15) is 14.4 Å². The van der Waals surface area contributed by atoms with Gasteiger partial charge in [0.2, 0.25) is 0 Å². The van der Waals surface area contributed by atoms with Gasteiger partial charge in [-0.15, -0.1) is 6.58 Å². The summed E-state index contributed by atoms with van der Waals surface area (Å²) in [7, 11) is 0. The molecule has 2 aliphatic rings. The molecule has 202 valence electrons. The number of piperazine rings is 1. The number of urea groups is 2. The van der Waals surface area contributed by atoms with Crippen LogP contribution in [0.5, 0.6) is 0 Å². The predicted octanol–water partition coefficient (Wildman–Crippen LogP) is 4.19. The van der Waals surface area contributed by atoms with Crippen molar-refractivity contribution in [2.75, 3.05) is 45.9 Å². The molecule has 37 heavy (non-hydrogen) atoms. The molecule has 0 unspecified atom stereocenters. The van der Waals surface area contributed by atoms with E-state index in [-0.39, 0.29) is 31.3 Å². The number of amides is 4. The van der Waals surface area contributed by atoms with E-state index in [1.807, 2.05) is 18.7 Å². The number of benzene rings is 1. The largest absolute Gasteiger partial charge is 0.463 e. The molecule has 2 heterocycles. The maximum atomic E-state index is 13.3. The fraction of sp³-hybridized carbons (Fsp3) is 0.500. The monoisotopic (exact) mass is 551 g/mol. The molecule has 11 heteroatoms. The van der Waals surface area contributed by atoms with Crippen molar-refractivity contribution in [2.45, 2.75) is 39.3 Å². The Morgan fingerprint density at radius 2 is 2.03 bits per heavy atom. The number of carbonyl (C=O) groups excluding carboxylic acids is 3. The molecular formula is C26H35Cl2N5O4. The summed E-state index contributed by atoms with van der Waals surface area (Å²) < 4.78 is 5.44. The third-order valence-corrected chi connectivity index (χ3v) is 6.95. The number of ether oxygens (including phenoxy) is 1. The fourth-order valence-electron chi connectivity index (χ4n) is 4.64. The highest BCUT2D eigenvalue weighted by molar-refractivity contribution is 6.35. The molecule has 3 rings (SSSR count). The van der Waals surface area contributed by atoms with Crippen molar-refractivity contribution in [1.82, 2.24) is 25.3 Å². The Hall–Kier alpha value is -2.75. The second kappa shape index (κ2) is 13.2. The Morgan fingerprint density at radius 1 is 1.27 bits per heavy atom. The number of rotatable bonds is 9. The van der Waals surface area contributed by atoms with Gasteiger partial charge in [0.15, 0.2) is 0 Å². The summed E-state index contributed by atoms with van der Waals surface area (Å²) in [6, 6.07) is 3.62. The van der Waals surface area contributed by atoms with Gasteiger partial charge in [0, 0.05) is 61.1 Å². The predicted molar refractivity (Wildman–Crippen MR) is 145 cm³/mol. The molecule has 0 radical (unpaired) electrons. The van der Waals surface area contributed by atoms with E-state index < -0.39 is 12.0 Å². The summed E-state index contributed by atoms with van der Waals surface area (Å²) in [5.74, 6) is -0.534. The molecule has 1 fully saturated rings. The maximum absolute atomic E-state index is 13.3. The minimum Gasteiger partial charge on any atom is -0.463 e. The van der Waals surface area contributed by atoms with Gasteiger partial charge >= 0.3 is 18.0 Å². The van der Waals surface area contributed by atoms with Gasteiger partial charge in [-0.05, 0) is 38.0 Å². The number of nitrogens with one attached hydrogen (secondary N) is 2. The third-order valence-electron chi connectivity index (χ3n) is 6.39. The van der Waals surface area contributed by atoms with E-state index in [0.29, 0.717) is 59.6 Å². The lowest BCUT2D eigenvalue weighted by atomic mass is 9.93. The standard InChI is InChI=1S/C26H35Cl2N5O4/c1-5-10-29-25(35)32-13-12-31(15-17(32)4)16-21-22(24(34)37-7-3)23(30-26(36)33(21)11-6-2)19-9-8-18(27)14-20(19)28/h6,8-9,14,17,23H,2,5,7,10-13,15-16H2,1,3-4H3,(H,29,35)(H,30,36)/t17-,23+/m1/s1.